The van der Waals surface area contributed by atoms with Gasteiger partial charge in [-0.3, -0.25) is 4.79 Å². The smallest absolute Gasteiger partial charge is 0.224 e. The molecular weight excluding hydrogens is 240 g/mol. The molecule has 1 saturated carbocycles. The molecule has 0 aromatic rings. The maximum atomic E-state index is 12.3. The van der Waals surface area contributed by atoms with E-state index < -0.39 is 0 Å². The number of carbonyl (C=O) groups is 1. The molecule has 1 atom stereocenters. The third-order valence-corrected chi connectivity index (χ3v) is 3.65. The molecule has 4 heteroatoms. The van der Waals surface area contributed by atoms with Crippen LogP contribution >= 0.6 is 0 Å². The molecule has 1 aliphatic rings. The molecule has 0 bridgehead atoms. The maximum absolute atomic E-state index is 12.3. The average Bonchev–Trinajstić information content (AvgIpc) is 3.11. The van der Waals surface area contributed by atoms with Gasteiger partial charge in [-0.1, -0.05) is 0 Å². The third-order valence-electron chi connectivity index (χ3n) is 3.65. The largest absolute Gasteiger partial charge is 0.383 e. The van der Waals surface area contributed by atoms with E-state index in [1.165, 1.54) is 12.8 Å². The highest BCUT2D eigenvalue weighted by atomic mass is 16.5. The van der Waals surface area contributed by atoms with Gasteiger partial charge < -0.3 is 15.0 Å². The minimum absolute atomic E-state index is 0.0692. The SMILES string of the molecule is COCCN(C(=O)CCNC(C)(C)C)C(C)C1CC1. The molecule has 112 valence electrons. The van der Waals surface area contributed by atoms with E-state index in [1.54, 1.807) is 7.11 Å². The van der Waals surface area contributed by atoms with Crippen molar-refractivity contribution in [3.63, 3.8) is 0 Å². The molecule has 0 aliphatic heterocycles. The monoisotopic (exact) mass is 270 g/mol. The summed E-state index contributed by atoms with van der Waals surface area (Å²) in [6.45, 7) is 10.6. The summed E-state index contributed by atoms with van der Waals surface area (Å²) in [7, 11) is 1.69. The molecule has 1 unspecified atom stereocenters. The Morgan fingerprint density at radius 3 is 2.53 bits per heavy atom. The summed E-state index contributed by atoms with van der Waals surface area (Å²) in [4.78, 5) is 14.3. The second kappa shape index (κ2) is 7.25. The Hall–Kier alpha value is -0.610. The van der Waals surface area contributed by atoms with Crippen molar-refractivity contribution in [3.05, 3.63) is 0 Å². The molecule has 1 rings (SSSR count). The topological polar surface area (TPSA) is 41.6 Å². The van der Waals surface area contributed by atoms with Gasteiger partial charge in [0.05, 0.1) is 6.61 Å². The number of rotatable bonds is 8. The number of nitrogens with zero attached hydrogens (tertiary/aromatic N) is 1. The van der Waals surface area contributed by atoms with Gasteiger partial charge in [0.25, 0.3) is 0 Å². The second-order valence-electron chi connectivity index (χ2n) is 6.58. The fourth-order valence-corrected chi connectivity index (χ4v) is 2.27. The number of hydrogen-bond acceptors (Lipinski definition) is 3. The van der Waals surface area contributed by atoms with Gasteiger partial charge in [0.2, 0.25) is 5.91 Å². The standard InChI is InChI=1S/C15H30N2O2/c1-12(13-6-7-13)17(10-11-19-5)14(18)8-9-16-15(2,3)4/h12-13,16H,6-11H2,1-5H3. The van der Waals surface area contributed by atoms with Crippen molar-refractivity contribution in [1.82, 2.24) is 10.2 Å². The molecule has 0 saturated heterocycles. The number of ether oxygens (including phenoxy) is 1. The van der Waals surface area contributed by atoms with Crippen molar-refractivity contribution in [3.8, 4) is 0 Å². The van der Waals surface area contributed by atoms with Gasteiger partial charge in [0, 0.05) is 38.2 Å². The quantitative estimate of drug-likeness (QED) is 0.734. The molecule has 4 nitrogen and oxygen atoms in total. The molecule has 1 fully saturated rings. The van der Waals surface area contributed by atoms with Gasteiger partial charge >= 0.3 is 0 Å². The number of hydrogen-bond donors (Lipinski definition) is 1. The van der Waals surface area contributed by atoms with Gasteiger partial charge in [-0.25, -0.2) is 0 Å². The molecule has 1 N–H and O–H groups in total. The van der Waals surface area contributed by atoms with Crippen molar-refractivity contribution in [2.24, 2.45) is 5.92 Å². The van der Waals surface area contributed by atoms with Crippen molar-refractivity contribution in [2.45, 2.75) is 58.5 Å². The van der Waals surface area contributed by atoms with Gasteiger partial charge in [0.1, 0.15) is 0 Å². The van der Waals surface area contributed by atoms with Crippen molar-refractivity contribution >= 4 is 5.91 Å². The molecular formula is C15H30N2O2. The summed E-state index contributed by atoms with van der Waals surface area (Å²) in [6.07, 6.45) is 3.09. The van der Waals surface area contributed by atoms with E-state index in [1.807, 2.05) is 4.90 Å². The van der Waals surface area contributed by atoms with Crippen LogP contribution in [-0.4, -0.2) is 49.2 Å². The van der Waals surface area contributed by atoms with Crippen molar-refractivity contribution in [1.29, 1.82) is 0 Å². The van der Waals surface area contributed by atoms with Crippen LogP contribution in [0.25, 0.3) is 0 Å². The van der Waals surface area contributed by atoms with Gasteiger partial charge in [-0.15, -0.1) is 0 Å². The minimum Gasteiger partial charge on any atom is -0.383 e. The number of methoxy groups -OCH3 is 1. The third kappa shape index (κ3) is 6.39. The second-order valence-corrected chi connectivity index (χ2v) is 6.58. The predicted octanol–water partition coefficient (Wildman–Crippen LogP) is 2.04. The lowest BCUT2D eigenvalue weighted by molar-refractivity contribution is -0.134. The summed E-state index contributed by atoms with van der Waals surface area (Å²) >= 11 is 0. The van der Waals surface area contributed by atoms with Crippen LogP contribution in [0.3, 0.4) is 0 Å². The fraction of sp³-hybridized carbons (Fsp3) is 0.933. The Morgan fingerprint density at radius 1 is 1.42 bits per heavy atom. The first-order chi connectivity index (χ1) is 8.85. The Kier molecular flexibility index (Phi) is 6.27. The first kappa shape index (κ1) is 16.4. The highest BCUT2D eigenvalue weighted by Crippen LogP contribution is 2.35. The average molecular weight is 270 g/mol. The molecule has 0 spiro atoms. The first-order valence-corrected chi connectivity index (χ1v) is 7.38. The van der Waals surface area contributed by atoms with Crippen LogP contribution in [0, 0.1) is 5.92 Å². The van der Waals surface area contributed by atoms with Crippen LogP contribution in [0.15, 0.2) is 0 Å². The zero-order valence-corrected chi connectivity index (χ0v) is 13.2. The minimum atomic E-state index is 0.0692. The molecule has 19 heavy (non-hydrogen) atoms. The summed E-state index contributed by atoms with van der Waals surface area (Å²) in [5.41, 5.74) is 0.0692. The molecule has 0 aromatic carbocycles. The van der Waals surface area contributed by atoms with E-state index in [0.717, 1.165) is 6.54 Å². The van der Waals surface area contributed by atoms with Crippen LogP contribution in [0.4, 0.5) is 0 Å². The van der Waals surface area contributed by atoms with E-state index in [9.17, 15) is 4.79 Å². The van der Waals surface area contributed by atoms with E-state index in [0.29, 0.717) is 31.5 Å². The van der Waals surface area contributed by atoms with Crippen LogP contribution in [0.2, 0.25) is 0 Å². The van der Waals surface area contributed by atoms with Crippen molar-refractivity contribution < 1.29 is 9.53 Å². The Bertz CT molecular complexity index is 282. The zero-order valence-electron chi connectivity index (χ0n) is 13.2. The van der Waals surface area contributed by atoms with Crippen LogP contribution in [0.5, 0.6) is 0 Å². The van der Waals surface area contributed by atoms with Gasteiger partial charge in [-0.2, -0.15) is 0 Å². The number of nitrogens with one attached hydrogen (secondary N) is 1. The lowest BCUT2D eigenvalue weighted by Crippen LogP contribution is -2.44. The summed E-state index contributed by atoms with van der Waals surface area (Å²) in [5.74, 6) is 0.949. The van der Waals surface area contributed by atoms with E-state index >= 15 is 0 Å². The van der Waals surface area contributed by atoms with Crippen LogP contribution in [0.1, 0.15) is 47.0 Å². The number of carbonyl (C=O) groups excluding carboxylic acids is 1. The van der Waals surface area contributed by atoms with E-state index in [2.05, 4.69) is 33.0 Å². The molecule has 0 radical (unpaired) electrons. The van der Waals surface area contributed by atoms with Gasteiger partial charge in [0.15, 0.2) is 0 Å². The van der Waals surface area contributed by atoms with Crippen LogP contribution in [-0.2, 0) is 9.53 Å². The Balaban J connectivity index is 2.41. The van der Waals surface area contributed by atoms with Crippen LogP contribution < -0.4 is 5.32 Å². The Labute approximate surface area is 117 Å². The highest BCUT2D eigenvalue weighted by molar-refractivity contribution is 5.76. The normalized spacial score (nSPS) is 17.3. The first-order valence-electron chi connectivity index (χ1n) is 7.38. The maximum Gasteiger partial charge on any atom is 0.224 e. The molecule has 0 heterocycles. The van der Waals surface area contributed by atoms with Gasteiger partial charge in [-0.05, 0) is 46.5 Å². The summed E-state index contributed by atoms with van der Waals surface area (Å²) in [5, 5.41) is 3.37. The zero-order chi connectivity index (χ0) is 14.5. The van der Waals surface area contributed by atoms with Crippen molar-refractivity contribution in [2.75, 3.05) is 26.8 Å². The molecule has 0 aromatic heterocycles. The summed E-state index contributed by atoms with van der Waals surface area (Å²) < 4.78 is 5.12. The predicted molar refractivity (Wildman–Crippen MR) is 78.1 cm³/mol. The lowest BCUT2D eigenvalue weighted by atomic mass is 10.1. The molecule has 1 aliphatic carbocycles. The number of amides is 1. The fourth-order valence-electron chi connectivity index (χ4n) is 2.27. The van der Waals surface area contributed by atoms with E-state index in [4.69, 9.17) is 4.74 Å². The highest BCUT2D eigenvalue weighted by Gasteiger charge is 2.33. The van der Waals surface area contributed by atoms with E-state index in [-0.39, 0.29) is 11.4 Å². The lowest BCUT2D eigenvalue weighted by Gasteiger charge is -2.30. The molecule has 1 amide bonds. The summed E-state index contributed by atoms with van der Waals surface area (Å²) in [6, 6.07) is 0.359. The Morgan fingerprint density at radius 2 is 2.05 bits per heavy atom.